The van der Waals surface area contributed by atoms with Crippen molar-refractivity contribution in [2.24, 2.45) is 0 Å². The van der Waals surface area contributed by atoms with Crippen LogP contribution in [0, 0.1) is 0 Å². The molecule has 8 heteroatoms. The van der Waals surface area contributed by atoms with E-state index in [4.69, 9.17) is 5.11 Å². The van der Waals surface area contributed by atoms with Crippen molar-refractivity contribution in [3.05, 3.63) is 0 Å². The van der Waals surface area contributed by atoms with Gasteiger partial charge in [0.15, 0.2) is 0 Å². The molecule has 102 valence electrons. The van der Waals surface area contributed by atoms with Gasteiger partial charge in [-0.25, -0.2) is 0 Å². The standard InChI is InChI=1S/C9H20N2O5S/c1-4-5-6-11(2)17(14,15)10-8(7-16-3)9(12)13/h8,10H,4-7H2,1-3H3,(H,12,13). The molecule has 0 amide bonds. The number of methoxy groups -OCH3 is 1. The zero-order valence-corrected chi connectivity index (χ0v) is 11.2. The first-order valence-electron chi connectivity index (χ1n) is 5.30. The van der Waals surface area contributed by atoms with Gasteiger partial charge in [-0.3, -0.25) is 4.79 Å². The normalized spacial score (nSPS) is 13.9. The van der Waals surface area contributed by atoms with Crippen molar-refractivity contribution in [3.8, 4) is 0 Å². The van der Waals surface area contributed by atoms with Crippen molar-refractivity contribution in [1.82, 2.24) is 9.03 Å². The number of rotatable bonds is 9. The monoisotopic (exact) mass is 268 g/mol. The number of nitrogens with one attached hydrogen (secondary N) is 1. The number of carboxylic acids is 1. The van der Waals surface area contributed by atoms with E-state index >= 15 is 0 Å². The van der Waals surface area contributed by atoms with E-state index in [1.807, 2.05) is 6.92 Å². The molecule has 0 fully saturated rings. The molecule has 0 spiro atoms. The number of hydrogen-bond acceptors (Lipinski definition) is 4. The molecule has 0 radical (unpaired) electrons. The van der Waals surface area contributed by atoms with Gasteiger partial charge >= 0.3 is 5.97 Å². The fourth-order valence-corrected chi connectivity index (χ4v) is 2.17. The highest BCUT2D eigenvalue weighted by Crippen LogP contribution is 2.00. The molecular formula is C9H20N2O5S. The lowest BCUT2D eigenvalue weighted by molar-refractivity contribution is -0.140. The lowest BCUT2D eigenvalue weighted by atomic mass is 10.3. The summed E-state index contributed by atoms with van der Waals surface area (Å²) < 4.78 is 31.3. The van der Waals surface area contributed by atoms with E-state index in [1.165, 1.54) is 14.2 Å². The van der Waals surface area contributed by atoms with Crippen molar-refractivity contribution in [2.75, 3.05) is 27.3 Å². The molecule has 0 aromatic heterocycles. The summed E-state index contributed by atoms with van der Waals surface area (Å²) in [4.78, 5) is 10.8. The van der Waals surface area contributed by atoms with Crippen LogP contribution >= 0.6 is 0 Å². The summed E-state index contributed by atoms with van der Waals surface area (Å²) in [6, 6.07) is -1.27. The van der Waals surface area contributed by atoms with Gasteiger partial charge < -0.3 is 9.84 Å². The molecule has 0 aliphatic heterocycles. The number of hydrogen-bond donors (Lipinski definition) is 2. The third-order valence-corrected chi connectivity index (χ3v) is 3.75. The lowest BCUT2D eigenvalue weighted by Gasteiger charge is -2.20. The zero-order chi connectivity index (χ0) is 13.5. The quantitative estimate of drug-likeness (QED) is 0.596. The Morgan fingerprint density at radius 1 is 1.53 bits per heavy atom. The van der Waals surface area contributed by atoms with E-state index in [-0.39, 0.29) is 6.61 Å². The van der Waals surface area contributed by atoms with Crippen LogP contribution in [0.2, 0.25) is 0 Å². The Morgan fingerprint density at radius 3 is 2.53 bits per heavy atom. The first-order valence-corrected chi connectivity index (χ1v) is 6.74. The van der Waals surface area contributed by atoms with Crippen LogP contribution in [0.25, 0.3) is 0 Å². The largest absolute Gasteiger partial charge is 0.480 e. The second-order valence-corrected chi connectivity index (χ2v) is 5.45. The Balaban J connectivity index is 4.54. The van der Waals surface area contributed by atoms with Crippen molar-refractivity contribution in [1.29, 1.82) is 0 Å². The van der Waals surface area contributed by atoms with Crippen molar-refractivity contribution in [2.45, 2.75) is 25.8 Å². The van der Waals surface area contributed by atoms with Crippen LogP contribution in [0.15, 0.2) is 0 Å². The molecule has 0 heterocycles. The molecule has 0 saturated carbocycles. The van der Waals surface area contributed by atoms with Crippen LogP contribution in [0.3, 0.4) is 0 Å². The Morgan fingerprint density at radius 2 is 2.12 bits per heavy atom. The molecule has 0 saturated heterocycles. The topological polar surface area (TPSA) is 95.9 Å². The average molecular weight is 268 g/mol. The molecular weight excluding hydrogens is 248 g/mol. The van der Waals surface area contributed by atoms with Gasteiger partial charge in [-0.2, -0.15) is 17.4 Å². The van der Waals surface area contributed by atoms with Gasteiger partial charge in [0, 0.05) is 20.7 Å². The van der Waals surface area contributed by atoms with Gasteiger partial charge in [-0.15, -0.1) is 0 Å². The number of nitrogens with zero attached hydrogens (tertiary/aromatic N) is 1. The molecule has 0 aromatic carbocycles. The number of ether oxygens (including phenoxy) is 1. The average Bonchev–Trinajstić information content (AvgIpc) is 2.24. The van der Waals surface area contributed by atoms with E-state index in [9.17, 15) is 13.2 Å². The van der Waals surface area contributed by atoms with Gasteiger partial charge in [0.2, 0.25) is 0 Å². The molecule has 7 nitrogen and oxygen atoms in total. The molecule has 1 unspecified atom stereocenters. The number of carbonyl (C=O) groups is 1. The molecule has 0 aliphatic rings. The minimum absolute atomic E-state index is 0.212. The third-order valence-electron chi connectivity index (χ3n) is 2.16. The van der Waals surface area contributed by atoms with E-state index in [1.54, 1.807) is 0 Å². The predicted octanol–water partition coefficient (Wildman–Crippen LogP) is -0.348. The highest BCUT2D eigenvalue weighted by Gasteiger charge is 2.26. The molecule has 0 bridgehead atoms. The number of carboxylic acid groups (broad SMARTS) is 1. The summed E-state index contributed by atoms with van der Waals surface area (Å²) in [5.74, 6) is -1.26. The van der Waals surface area contributed by atoms with Crippen molar-refractivity contribution < 1.29 is 23.1 Å². The molecule has 1 atom stereocenters. The Bertz CT molecular complexity index is 330. The second-order valence-electron chi connectivity index (χ2n) is 3.64. The van der Waals surface area contributed by atoms with Gasteiger partial charge in [-0.05, 0) is 6.42 Å². The zero-order valence-electron chi connectivity index (χ0n) is 10.3. The number of aliphatic carboxylic acids is 1. The maximum atomic E-state index is 11.7. The highest BCUT2D eigenvalue weighted by atomic mass is 32.2. The van der Waals surface area contributed by atoms with Crippen molar-refractivity contribution in [3.63, 3.8) is 0 Å². The van der Waals surface area contributed by atoms with Crippen LogP contribution in [0.5, 0.6) is 0 Å². The third kappa shape index (κ3) is 5.97. The van der Waals surface area contributed by atoms with E-state index in [0.29, 0.717) is 6.54 Å². The Labute approximate surface area is 102 Å². The molecule has 2 N–H and O–H groups in total. The van der Waals surface area contributed by atoms with Crippen LogP contribution in [-0.4, -0.2) is 57.1 Å². The number of unbranched alkanes of at least 4 members (excludes halogenated alkanes) is 1. The van der Waals surface area contributed by atoms with Gasteiger partial charge in [0.25, 0.3) is 10.2 Å². The predicted molar refractivity (Wildman–Crippen MR) is 62.9 cm³/mol. The van der Waals surface area contributed by atoms with Gasteiger partial charge in [0.1, 0.15) is 6.04 Å². The molecule has 17 heavy (non-hydrogen) atoms. The Kier molecular flexibility index (Phi) is 7.28. The summed E-state index contributed by atoms with van der Waals surface area (Å²) in [7, 11) is -1.06. The Hall–Kier alpha value is -0.700. The fourth-order valence-electron chi connectivity index (χ4n) is 1.09. The maximum Gasteiger partial charge on any atom is 0.324 e. The maximum absolute atomic E-state index is 11.7. The van der Waals surface area contributed by atoms with E-state index in [0.717, 1.165) is 17.1 Å². The van der Waals surface area contributed by atoms with E-state index in [2.05, 4.69) is 9.46 Å². The summed E-state index contributed by atoms with van der Waals surface area (Å²) in [5, 5.41) is 8.80. The second kappa shape index (κ2) is 7.59. The first kappa shape index (κ1) is 16.3. The molecule has 0 aromatic rings. The van der Waals surface area contributed by atoms with Gasteiger partial charge in [-0.1, -0.05) is 13.3 Å². The first-order chi connectivity index (χ1) is 7.85. The van der Waals surface area contributed by atoms with E-state index < -0.39 is 22.2 Å². The SMILES string of the molecule is CCCCN(C)S(=O)(=O)NC(COC)C(=O)O. The molecule has 0 aliphatic carbocycles. The van der Waals surface area contributed by atoms with Gasteiger partial charge in [0.05, 0.1) is 6.61 Å². The summed E-state index contributed by atoms with van der Waals surface area (Å²) in [6.45, 7) is 2.08. The molecule has 0 rings (SSSR count). The minimum Gasteiger partial charge on any atom is -0.480 e. The lowest BCUT2D eigenvalue weighted by Crippen LogP contribution is -2.49. The van der Waals surface area contributed by atoms with Crippen LogP contribution in [0.4, 0.5) is 0 Å². The fraction of sp³-hybridized carbons (Fsp3) is 0.889. The summed E-state index contributed by atoms with van der Waals surface area (Å²) in [5.41, 5.74) is 0. The van der Waals surface area contributed by atoms with Crippen LogP contribution in [-0.2, 0) is 19.7 Å². The minimum atomic E-state index is -3.78. The summed E-state index contributed by atoms with van der Waals surface area (Å²) in [6.07, 6.45) is 1.58. The van der Waals surface area contributed by atoms with Crippen LogP contribution < -0.4 is 4.72 Å². The highest BCUT2D eigenvalue weighted by molar-refractivity contribution is 7.87. The van der Waals surface area contributed by atoms with Crippen molar-refractivity contribution >= 4 is 16.2 Å². The summed E-state index contributed by atoms with van der Waals surface area (Å²) >= 11 is 0. The van der Waals surface area contributed by atoms with Crippen LogP contribution in [0.1, 0.15) is 19.8 Å². The smallest absolute Gasteiger partial charge is 0.324 e.